The molecule has 6 atom stereocenters. The van der Waals surface area contributed by atoms with Gasteiger partial charge in [0.05, 0.1) is 6.04 Å². The largest absolute Gasteiger partial charge is 0.480 e. The third-order valence-electron chi connectivity index (χ3n) is 9.92. The Labute approximate surface area is 334 Å². The van der Waals surface area contributed by atoms with E-state index in [0.29, 0.717) is 25.7 Å². The average molecular weight is 798 g/mol. The zero-order chi connectivity index (χ0) is 42.4. The SMILES string of the molecule is CC(C)C[C@H](NC(=O)C(NC(=O)[C@H](Cc1c[nH]c2ccccc12)NC(=O)[C@@H]1CCCN1C(=O)[C@H](CCCN)NC(=O)[C@@H](N)CCCN=C(N)N)C(C)(C)C)C(=O)O. The number of rotatable bonds is 21. The quantitative estimate of drug-likeness (QED) is 0.0453. The van der Waals surface area contributed by atoms with E-state index in [2.05, 4.69) is 31.2 Å². The van der Waals surface area contributed by atoms with Gasteiger partial charge < -0.3 is 59.2 Å². The van der Waals surface area contributed by atoms with Crippen molar-refractivity contribution >= 4 is 52.4 Å². The number of aliphatic imine (C=N–C) groups is 1. The van der Waals surface area contributed by atoms with Crippen LogP contribution in [0.25, 0.3) is 10.9 Å². The summed E-state index contributed by atoms with van der Waals surface area (Å²) in [4.78, 5) is 89.7. The molecule has 57 heavy (non-hydrogen) atoms. The Morgan fingerprint density at radius 1 is 0.930 bits per heavy atom. The third-order valence-corrected chi connectivity index (χ3v) is 9.92. The lowest BCUT2D eigenvalue weighted by Crippen LogP contribution is -2.61. The van der Waals surface area contributed by atoms with Gasteiger partial charge in [0.15, 0.2) is 5.96 Å². The van der Waals surface area contributed by atoms with E-state index >= 15 is 0 Å². The number of H-pyrrole nitrogens is 1. The maximum atomic E-state index is 14.3. The minimum Gasteiger partial charge on any atom is -0.480 e. The monoisotopic (exact) mass is 797 g/mol. The number of aliphatic carboxylic acids is 1. The van der Waals surface area contributed by atoms with Gasteiger partial charge in [-0.2, -0.15) is 0 Å². The summed E-state index contributed by atoms with van der Waals surface area (Å²) in [5, 5.41) is 21.6. The van der Waals surface area contributed by atoms with Crippen LogP contribution in [0.2, 0.25) is 0 Å². The van der Waals surface area contributed by atoms with Crippen LogP contribution in [0.1, 0.15) is 85.1 Å². The predicted octanol–water partition coefficient (Wildman–Crippen LogP) is -0.0628. The van der Waals surface area contributed by atoms with E-state index in [1.54, 1.807) is 27.0 Å². The zero-order valence-corrected chi connectivity index (χ0v) is 33.8. The highest BCUT2D eigenvalue weighted by atomic mass is 16.4. The van der Waals surface area contributed by atoms with Crippen LogP contribution in [0.15, 0.2) is 35.5 Å². The molecular formula is C39H63N11O7. The van der Waals surface area contributed by atoms with Crippen molar-refractivity contribution in [3.05, 3.63) is 36.0 Å². The molecule has 18 nitrogen and oxygen atoms in total. The first kappa shape index (κ1) is 46.2. The van der Waals surface area contributed by atoms with Crippen molar-refractivity contribution in [1.82, 2.24) is 31.2 Å². The molecule has 1 aliphatic heterocycles. The number of likely N-dealkylation sites (tertiary alicyclic amines) is 1. The maximum absolute atomic E-state index is 14.3. The molecule has 1 fully saturated rings. The van der Waals surface area contributed by atoms with Crippen molar-refractivity contribution in [2.24, 2.45) is 39.3 Å². The number of nitrogens with two attached hydrogens (primary N) is 4. The first-order valence-electron chi connectivity index (χ1n) is 19.6. The topological polar surface area (TPSA) is 306 Å². The van der Waals surface area contributed by atoms with Gasteiger partial charge in [-0.05, 0) is 74.5 Å². The number of fused-ring (bicyclic) bond motifs is 1. The highest BCUT2D eigenvalue weighted by Gasteiger charge is 2.41. The van der Waals surface area contributed by atoms with Crippen LogP contribution in [0, 0.1) is 11.3 Å². The summed E-state index contributed by atoms with van der Waals surface area (Å²) >= 11 is 0. The lowest BCUT2D eigenvalue weighted by Gasteiger charge is -2.33. The fraction of sp³-hybridized carbons (Fsp3) is 0.615. The number of guanidine groups is 1. The molecule has 0 spiro atoms. The molecule has 1 unspecified atom stereocenters. The Morgan fingerprint density at radius 2 is 1.61 bits per heavy atom. The van der Waals surface area contributed by atoms with E-state index < -0.39 is 77.2 Å². The van der Waals surface area contributed by atoms with Crippen molar-refractivity contribution in [1.29, 1.82) is 0 Å². The van der Waals surface area contributed by atoms with Crippen molar-refractivity contribution in [2.75, 3.05) is 19.6 Å². The van der Waals surface area contributed by atoms with Gasteiger partial charge in [0.1, 0.15) is 30.2 Å². The van der Waals surface area contributed by atoms with Gasteiger partial charge in [0.25, 0.3) is 0 Å². The van der Waals surface area contributed by atoms with E-state index in [9.17, 15) is 33.9 Å². The number of aromatic nitrogens is 1. The number of amides is 5. The number of benzene rings is 1. The highest BCUT2D eigenvalue weighted by Crippen LogP contribution is 2.24. The molecule has 5 amide bonds. The molecule has 0 radical (unpaired) electrons. The second kappa shape index (κ2) is 21.3. The van der Waals surface area contributed by atoms with Gasteiger partial charge in [0.2, 0.25) is 29.5 Å². The highest BCUT2D eigenvalue weighted by molar-refractivity contribution is 5.97. The van der Waals surface area contributed by atoms with Gasteiger partial charge in [-0.25, -0.2) is 4.79 Å². The Hall–Kier alpha value is -5.23. The minimum atomic E-state index is -1.21. The second-order valence-corrected chi connectivity index (χ2v) is 16.2. The van der Waals surface area contributed by atoms with Gasteiger partial charge in [-0.15, -0.1) is 0 Å². The summed E-state index contributed by atoms with van der Waals surface area (Å²) in [6.07, 6.45) is 4.11. The smallest absolute Gasteiger partial charge is 0.326 e. The molecular weight excluding hydrogens is 734 g/mol. The first-order valence-corrected chi connectivity index (χ1v) is 19.6. The third kappa shape index (κ3) is 13.7. The van der Waals surface area contributed by atoms with Gasteiger partial charge in [-0.1, -0.05) is 52.8 Å². The van der Waals surface area contributed by atoms with E-state index in [4.69, 9.17) is 22.9 Å². The van der Waals surface area contributed by atoms with E-state index in [-0.39, 0.29) is 57.2 Å². The van der Waals surface area contributed by atoms with Crippen LogP contribution in [0.3, 0.4) is 0 Å². The van der Waals surface area contributed by atoms with E-state index in [1.807, 2.05) is 38.1 Å². The number of para-hydroxylation sites is 1. The molecule has 3 rings (SSSR count). The van der Waals surface area contributed by atoms with E-state index in [1.165, 1.54) is 4.90 Å². The minimum absolute atomic E-state index is 0.0236. The fourth-order valence-corrected chi connectivity index (χ4v) is 6.88. The molecule has 1 aliphatic rings. The number of carbonyl (C=O) groups excluding carboxylic acids is 5. The first-order chi connectivity index (χ1) is 26.8. The molecule has 316 valence electrons. The van der Waals surface area contributed by atoms with Gasteiger partial charge in [0, 0.05) is 36.6 Å². The summed E-state index contributed by atoms with van der Waals surface area (Å²) in [6.45, 7) is 9.70. The maximum Gasteiger partial charge on any atom is 0.326 e. The molecule has 0 bridgehead atoms. The summed E-state index contributed by atoms with van der Waals surface area (Å²) in [5.41, 5.74) is 23.3. The number of carboxylic acids is 1. The van der Waals surface area contributed by atoms with Crippen LogP contribution in [0.5, 0.6) is 0 Å². The summed E-state index contributed by atoms with van der Waals surface area (Å²) in [6, 6.07) is 1.04. The van der Waals surface area contributed by atoms with Crippen molar-refractivity contribution in [2.45, 2.75) is 122 Å². The Kier molecular flexibility index (Phi) is 17.3. The summed E-state index contributed by atoms with van der Waals surface area (Å²) in [7, 11) is 0. The number of carboxylic acid groups (broad SMARTS) is 1. The number of nitrogens with zero attached hydrogens (tertiary/aromatic N) is 2. The number of aromatic amines is 1. The number of nitrogens with one attached hydrogen (secondary N) is 5. The zero-order valence-electron chi connectivity index (χ0n) is 33.8. The standard InChI is InChI=1S/C39H63N11O7/c1-22(2)19-29(37(56)57)48-35(54)31(39(3,4)5)49-33(52)28(20-23-21-45-26-13-7-6-11-24(23)26)47-34(53)30-15-10-18-50(30)36(55)27(14-8-16-40)46-32(51)25(41)12-9-17-44-38(42)43/h6-7,11,13,21-22,25,27-31,45H,8-10,12,14-20,40-41H2,1-5H3,(H,46,51)(H,47,53)(H,48,54)(H,49,52)(H,56,57)(H4,42,43,44)/t25-,27-,28-,29-,30-,31?/m0/s1. The molecule has 1 aromatic carbocycles. The van der Waals surface area contributed by atoms with Crippen LogP contribution in [-0.2, 0) is 35.2 Å². The molecule has 2 heterocycles. The number of hydrogen-bond donors (Lipinski definition) is 10. The van der Waals surface area contributed by atoms with Gasteiger partial charge >= 0.3 is 5.97 Å². The van der Waals surface area contributed by atoms with Crippen LogP contribution < -0.4 is 44.2 Å². The van der Waals surface area contributed by atoms with Gasteiger partial charge in [-0.3, -0.25) is 29.0 Å². The molecule has 1 saturated heterocycles. The molecule has 1 aromatic heterocycles. The molecule has 0 aliphatic carbocycles. The molecule has 18 heteroatoms. The Bertz CT molecular complexity index is 1730. The number of hydrogen-bond acceptors (Lipinski definition) is 9. The molecule has 2 aromatic rings. The summed E-state index contributed by atoms with van der Waals surface area (Å²) < 4.78 is 0. The lowest BCUT2D eigenvalue weighted by atomic mass is 9.85. The average Bonchev–Trinajstić information content (AvgIpc) is 3.80. The second-order valence-electron chi connectivity index (χ2n) is 16.2. The predicted molar refractivity (Wildman–Crippen MR) is 217 cm³/mol. The summed E-state index contributed by atoms with van der Waals surface area (Å²) in [5.74, 6) is -4.22. The fourth-order valence-electron chi connectivity index (χ4n) is 6.88. The van der Waals surface area contributed by atoms with Crippen molar-refractivity contribution in [3.8, 4) is 0 Å². The van der Waals surface area contributed by atoms with Crippen molar-refractivity contribution < 1.29 is 33.9 Å². The lowest BCUT2D eigenvalue weighted by molar-refractivity contribution is -0.143. The van der Waals surface area contributed by atoms with E-state index in [0.717, 1.165) is 16.5 Å². The van der Waals surface area contributed by atoms with Crippen LogP contribution >= 0.6 is 0 Å². The van der Waals surface area contributed by atoms with Crippen molar-refractivity contribution in [3.63, 3.8) is 0 Å². The normalized spacial score (nSPS) is 16.9. The molecule has 0 saturated carbocycles. The van der Waals surface area contributed by atoms with Crippen LogP contribution in [0.4, 0.5) is 0 Å². The Balaban J connectivity index is 1.87. The number of carbonyl (C=O) groups is 6. The molecule has 14 N–H and O–H groups in total. The Morgan fingerprint density at radius 3 is 2.25 bits per heavy atom. The van der Waals surface area contributed by atoms with Crippen LogP contribution in [-0.4, -0.2) is 112 Å².